The lowest BCUT2D eigenvalue weighted by Crippen LogP contribution is -2.12. The highest BCUT2D eigenvalue weighted by Crippen LogP contribution is 2.28. The Hall–Kier alpha value is -2.49. The van der Waals surface area contributed by atoms with E-state index in [1.165, 1.54) is 24.4 Å². The molecule has 0 saturated carbocycles. The van der Waals surface area contributed by atoms with Gasteiger partial charge in [0.2, 0.25) is 0 Å². The minimum Gasteiger partial charge on any atom is -0.333 e. The third kappa shape index (κ3) is 4.89. The van der Waals surface area contributed by atoms with Crippen molar-refractivity contribution in [1.29, 1.82) is 0 Å². The first-order chi connectivity index (χ1) is 14.6. The standard InChI is InChI=1S/C21H21ClN2O5S2/c1-3-30(26,27)19-10-6-4-8-15(19)21-23-17(14-24(21)2)18(25)12-13-31(28,29)20-11-7-5-9-16(20)22/h4-11,14H,3,12-13H2,1-2H3. The number of rotatable bonds is 8. The zero-order valence-corrected chi connectivity index (χ0v) is 19.3. The Bertz CT molecular complexity index is 1350. The topological polar surface area (TPSA) is 103 Å². The number of hydrogen-bond acceptors (Lipinski definition) is 6. The van der Waals surface area contributed by atoms with Crippen LogP contribution in [0.25, 0.3) is 11.4 Å². The average Bonchev–Trinajstić information content (AvgIpc) is 3.14. The lowest BCUT2D eigenvalue weighted by molar-refractivity contribution is 0.0984. The van der Waals surface area contributed by atoms with Crippen LogP contribution in [-0.4, -0.2) is 43.7 Å². The molecule has 0 aliphatic heterocycles. The molecule has 0 saturated heterocycles. The average molecular weight is 481 g/mol. The summed E-state index contributed by atoms with van der Waals surface area (Å²) in [7, 11) is -5.60. The fraction of sp³-hybridized carbons (Fsp3) is 0.238. The van der Waals surface area contributed by atoms with E-state index in [0.717, 1.165) is 0 Å². The number of aromatic nitrogens is 2. The highest BCUT2D eigenvalue weighted by atomic mass is 35.5. The second kappa shape index (κ2) is 8.94. The van der Waals surface area contributed by atoms with Gasteiger partial charge in [0, 0.05) is 25.2 Å². The van der Waals surface area contributed by atoms with Crippen molar-refractivity contribution in [3.63, 3.8) is 0 Å². The molecule has 0 bridgehead atoms. The molecule has 0 N–H and O–H groups in total. The predicted octanol–water partition coefficient (Wildman–Crippen LogP) is 3.58. The third-order valence-corrected chi connectivity index (χ3v) is 8.77. The van der Waals surface area contributed by atoms with E-state index in [9.17, 15) is 21.6 Å². The van der Waals surface area contributed by atoms with Crippen LogP contribution in [0.2, 0.25) is 5.02 Å². The molecule has 31 heavy (non-hydrogen) atoms. The summed E-state index contributed by atoms with van der Waals surface area (Å²) in [6.07, 6.45) is 1.19. The molecule has 1 heterocycles. The Morgan fingerprint density at radius 1 is 0.968 bits per heavy atom. The van der Waals surface area contributed by atoms with E-state index in [4.69, 9.17) is 11.6 Å². The van der Waals surface area contributed by atoms with E-state index < -0.39 is 31.2 Å². The van der Waals surface area contributed by atoms with Gasteiger partial charge < -0.3 is 4.57 Å². The monoisotopic (exact) mass is 480 g/mol. The Kier molecular flexibility index (Phi) is 6.68. The van der Waals surface area contributed by atoms with Crippen molar-refractivity contribution in [2.24, 2.45) is 7.05 Å². The molecule has 0 radical (unpaired) electrons. The van der Waals surface area contributed by atoms with Gasteiger partial charge in [0.1, 0.15) is 11.5 Å². The van der Waals surface area contributed by atoms with Gasteiger partial charge in [-0.2, -0.15) is 0 Å². The van der Waals surface area contributed by atoms with E-state index in [1.807, 2.05) is 0 Å². The zero-order chi connectivity index (χ0) is 22.8. The molecule has 2 aromatic carbocycles. The summed E-state index contributed by atoms with van der Waals surface area (Å²) in [5.41, 5.74) is 0.449. The molecule has 0 unspecified atom stereocenters. The molecular formula is C21H21ClN2O5S2. The summed E-state index contributed by atoms with van der Waals surface area (Å²) in [6, 6.07) is 12.5. The largest absolute Gasteiger partial charge is 0.333 e. The molecular weight excluding hydrogens is 460 g/mol. The number of Topliss-reactive ketones (excluding diaryl/α,β-unsaturated/α-hetero) is 1. The van der Waals surface area contributed by atoms with Gasteiger partial charge in [-0.3, -0.25) is 4.79 Å². The SMILES string of the molecule is CCS(=O)(=O)c1ccccc1-c1nc(C(=O)CCS(=O)(=O)c2ccccc2Cl)cn1C. The van der Waals surface area contributed by atoms with Gasteiger partial charge in [0.25, 0.3) is 0 Å². The van der Waals surface area contributed by atoms with Crippen molar-refractivity contribution in [2.45, 2.75) is 23.1 Å². The highest BCUT2D eigenvalue weighted by molar-refractivity contribution is 7.91. The summed E-state index contributed by atoms with van der Waals surface area (Å²) in [4.78, 5) is 17.1. The van der Waals surface area contributed by atoms with Crippen LogP contribution in [0.15, 0.2) is 64.5 Å². The highest BCUT2D eigenvalue weighted by Gasteiger charge is 2.23. The maximum atomic E-state index is 12.7. The molecule has 3 aromatic rings. The summed E-state index contributed by atoms with van der Waals surface area (Å²) >= 11 is 5.97. The van der Waals surface area contributed by atoms with E-state index in [1.54, 1.807) is 48.9 Å². The number of aryl methyl sites for hydroxylation is 1. The molecule has 0 fully saturated rings. The lowest BCUT2D eigenvalue weighted by Gasteiger charge is -2.08. The second-order valence-corrected chi connectivity index (χ2v) is 11.6. The first-order valence-corrected chi connectivity index (χ1v) is 13.1. The van der Waals surface area contributed by atoms with Crippen LogP contribution in [0.5, 0.6) is 0 Å². The number of carbonyl (C=O) groups is 1. The van der Waals surface area contributed by atoms with Gasteiger partial charge in [-0.1, -0.05) is 42.8 Å². The molecule has 7 nitrogen and oxygen atoms in total. The molecule has 0 amide bonds. The van der Waals surface area contributed by atoms with Crippen LogP contribution in [0.1, 0.15) is 23.8 Å². The molecule has 10 heteroatoms. The van der Waals surface area contributed by atoms with Crippen molar-refractivity contribution >= 4 is 37.1 Å². The number of nitrogens with zero attached hydrogens (tertiary/aromatic N) is 2. The van der Waals surface area contributed by atoms with Crippen LogP contribution in [0.3, 0.4) is 0 Å². The van der Waals surface area contributed by atoms with Gasteiger partial charge >= 0.3 is 0 Å². The van der Waals surface area contributed by atoms with Gasteiger partial charge in [-0.15, -0.1) is 0 Å². The maximum absolute atomic E-state index is 12.7. The minimum absolute atomic E-state index is 0.0233. The Labute approximate surface area is 186 Å². The van der Waals surface area contributed by atoms with Crippen LogP contribution < -0.4 is 0 Å². The van der Waals surface area contributed by atoms with Crippen molar-refractivity contribution in [1.82, 2.24) is 9.55 Å². The number of benzene rings is 2. The van der Waals surface area contributed by atoms with E-state index in [2.05, 4.69) is 4.98 Å². The fourth-order valence-electron chi connectivity index (χ4n) is 3.09. The molecule has 1 aromatic heterocycles. The molecule has 0 spiro atoms. The van der Waals surface area contributed by atoms with Crippen LogP contribution >= 0.6 is 11.6 Å². The summed E-state index contributed by atoms with van der Waals surface area (Å²) in [6.45, 7) is 1.55. The lowest BCUT2D eigenvalue weighted by atomic mass is 10.2. The van der Waals surface area contributed by atoms with Crippen LogP contribution in [-0.2, 0) is 26.7 Å². The van der Waals surface area contributed by atoms with Crippen LogP contribution in [0.4, 0.5) is 0 Å². The van der Waals surface area contributed by atoms with Crippen molar-refractivity contribution in [3.05, 3.63) is 65.4 Å². The summed E-state index contributed by atoms with van der Waals surface area (Å²) in [5.74, 6) is -0.638. The summed E-state index contributed by atoms with van der Waals surface area (Å²) in [5, 5.41) is 0.101. The number of sulfone groups is 2. The molecule has 0 aliphatic carbocycles. The molecule has 0 aliphatic rings. The molecule has 3 rings (SSSR count). The van der Waals surface area contributed by atoms with Crippen molar-refractivity contribution < 1.29 is 21.6 Å². The van der Waals surface area contributed by atoms with Crippen molar-refractivity contribution in [2.75, 3.05) is 11.5 Å². The first-order valence-electron chi connectivity index (χ1n) is 9.43. The minimum atomic E-state index is -3.75. The quantitative estimate of drug-likeness (QED) is 0.456. The third-order valence-electron chi connectivity index (χ3n) is 4.77. The van der Waals surface area contributed by atoms with Gasteiger partial charge in [-0.05, 0) is 24.3 Å². The fourth-order valence-corrected chi connectivity index (χ4v) is 6.00. The normalized spacial score (nSPS) is 12.1. The Morgan fingerprint density at radius 3 is 2.23 bits per heavy atom. The van der Waals surface area contributed by atoms with E-state index in [0.29, 0.717) is 11.4 Å². The molecule has 0 atom stereocenters. The van der Waals surface area contributed by atoms with Gasteiger partial charge in [0.05, 0.1) is 26.3 Å². The van der Waals surface area contributed by atoms with Crippen molar-refractivity contribution in [3.8, 4) is 11.4 Å². The number of carbonyl (C=O) groups excluding carboxylic acids is 1. The Morgan fingerprint density at radius 2 is 1.58 bits per heavy atom. The van der Waals surface area contributed by atoms with Gasteiger partial charge in [0.15, 0.2) is 25.5 Å². The number of ketones is 1. The maximum Gasteiger partial charge on any atom is 0.183 e. The molecule has 164 valence electrons. The number of halogens is 1. The van der Waals surface area contributed by atoms with E-state index in [-0.39, 0.29) is 32.7 Å². The Balaban J connectivity index is 1.87. The predicted molar refractivity (Wildman–Crippen MR) is 119 cm³/mol. The van der Waals surface area contributed by atoms with Gasteiger partial charge in [-0.25, -0.2) is 21.8 Å². The summed E-state index contributed by atoms with van der Waals surface area (Å²) < 4.78 is 51.5. The number of imidazole rings is 1. The smallest absolute Gasteiger partial charge is 0.183 e. The van der Waals surface area contributed by atoms with Crippen LogP contribution in [0, 0.1) is 0 Å². The number of hydrogen-bond donors (Lipinski definition) is 0. The first kappa shape index (κ1) is 23.2. The second-order valence-electron chi connectivity index (χ2n) is 6.88. The zero-order valence-electron chi connectivity index (χ0n) is 16.9. The van der Waals surface area contributed by atoms with E-state index >= 15 is 0 Å².